The molecule has 0 aliphatic heterocycles. The van der Waals surface area contributed by atoms with Crippen molar-refractivity contribution in [2.75, 3.05) is 13.2 Å². The topological polar surface area (TPSA) is 51.2 Å². The van der Waals surface area contributed by atoms with E-state index in [1.807, 2.05) is 44.2 Å². The minimum atomic E-state index is -0.421. The first-order valence-corrected chi connectivity index (χ1v) is 7.43. The largest absolute Gasteiger partial charge is 0.465 e. The molecular weight excluding hydrogens is 264 g/mol. The number of carbonyl (C=O) groups excluding carboxylic acids is 1. The lowest BCUT2D eigenvalue weighted by atomic mass is 10.0. The predicted octanol–water partition coefficient (Wildman–Crippen LogP) is 3.15. The van der Waals surface area contributed by atoms with Crippen molar-refractivity contribution in [1.29, 1.82) is 0 Å². The molecule has 2 aromatic rings. The first-order chi connectivity index (χ1) is 10.2. The molecule has 1 heterocycles. The van der Waals surface area contributed by atoms with E-state index in [1.165, 1.54) is 0 Å². The lowest BCUT2D eigenvalue weighted by molar-refractivity contribution is -0.145. The van der Waals surface area contributed by atoms with Gasteiger partial charge >= 0.3 is 5.97 Å². The Kier molecular flexibility index (Phi) is 5.28. The highest BCUT2D eigenvalue weighted by Gasteiger charge is 2.21. The van der Waals surface area contributed by atoms with Crippen LogP contribution in [0.1, 0.15) is 37.6 Å². The molecule has 1 aromatic heterocycles. The van der Waals surface area contributed by atoms with Gasteiger partial charge in [0.05, 0.1) is 12.1 Å². The maximum absolute atomic E-state index is 12.1. The van der Waals surface area contributed by atoms with Gasteiger partial charge < -0.3 is 10.1 Å². The number of nitrogens with zero attached hydrogens (tertiary/aromatic N) is 1. The van der Waals surface area contributed by atoms with Gasteiger partial charge in [0.1, 0.15) is 6.04 Å². The zero-order chi connectivity index (χ0) is 15.2. The van der Waals surface area contributed by atoms with E-state index in [0.717, 1.165) is 35.1 Å². The maximum Gasteiger partial charge on any atom is 0.327 e. The van der Waals surface area contributed by atoms with Gasteiger partial charge in [-0.15, -0.1) is 0 Å². The second kappa shape index (κ2) is 7.18. The Balaban J connectivity index is 2.34. The highest BCUT2D eigenvalue weighted by Crippen LogP contribution is 2.21. The molecule has 0 saturated carbocycles. The first-order valence-electron chi connectivity index (χ1n) is 7.43. The van der Waals surface area contributed by atoms with Gasteiger partial charge in [0.25, 0.3) is 0 Å². The SMILES string of the molecule is CCCNC(C(=O)OCC)c1ccc2nc(C)ccc2c1. The second-order valence-corrected chi connectivity index (χ2v) is 5.04. The molecule has 0 aliphatic rings. The molecule has 0 fully saturated rings. The van der Waals surface area contributed by atoms with Crippen LogP contribution in [-0.4, -0.2) is 24.1 Å². The highest BCUT2D eigenvalue weighted by atomic mass is 16.5. The zero-order valence-corrected chi connectivity index (χ0v) is 12.8. The Morgan fingerprint density at radius 1 is 1.29 bits per heavy atom. The monoisotopic (exact) mass is 286 g/mol. The molecule has 0 saturated heterocycles. The summed E-state index contributed by atoms with van der Waals surface area (Å²) in [7, 11) is 0. The van der Waals surface area contributed by atoms with Crippen LogP contribution in [0.15, 0.2) is 30.3 Å². The number of pyridine rings is 1. The molecule has 0 spiro atoms. The Bertz CT molecular complexity index is 625. The van der Waals surface area contributed by atoms with Gasteiger partial charge in [-0.2, -0.15) is 0 Å². The summed E-state index contributed by atoms with van der Waals surface area (Å²) in [5.41, 5.74) is 2.85. The van der Waals surface area contributed by atoms with E-state index >= 15 is 0 Å². The maximum atomic E-state index is 12.1. The molecule has 4 heteroatoms. The van der Waals surface area contributed by atoms with Gasteiger partial charge in [0, 0.05) is 11.1 Å². The normalized spacial score (nSPS) is 12.3. The Hall–Kier alpha value is -1.94. The van der Waals surface area contributed by atoms with E-state index < -0.39 is 6.04 Å². The van der Waals surface area contributed by atoms with Crippen LogP contribution >= 0.6 is 0 Å². The van der Waals surface area contributed by atoms with E-state index in [0.29, 0.717) is 6.61 Å². The lowest BCUT2D eigenvalue weighted by Crippen LogP contribution is -2.30. The Morgan fingerprint density at radius 3 is 2.81 bits per heavy atom. The third-order valence-corrected chi connectivity index (χ3v) is 3.31. The summed E-state index contributed by atoms with van der Waals surface area (Å²) in [6.07, 6.45) is 0.963. The van der Waals surface area contributed by atoms with Crippen LogP contribution in [0.5, 0.6) is 0 Å². The van der Waals surface area contributed by atoms with E-state index in [4.69, 9.17) is 4.74 Å². The number of benzene rings is 1. The van der Waals surface area contributed by atoms with E-state index in [9.17, 15) is 4.79 Å². The van der Waals surface area contributed by atoms with E-state index in [2.05, 4.69) is 17.2 Å². The number of aryl methyl sites for hydroxylation is 1. The van der Waals surface area contributed by atoms with Crippen LogP contribution in [0.2, 0.25) is 0 Å². The van der Waals surface area contributed by atoms with Crippen LogP contribution in [0.3, 0.4) is 0 Å². The number of rotatable bonds is 6. The molecule has 0 aliphatic carbocycles. The van der Waals surface area contributed by atoms with Gasteiger partial charge in [-0.25, -0.2) is 4.79 Å². The second-order valence-electron chi connectivity index (χ2n) is 5.04. The molecule has 0 amide bonds. The number of hydrogen-bond acceptors (Lipinski definition) is 4. The molecule has 4 nitrogen and oxygen atoms in total. The molecule has 112 valence electrons. The number of carbonyl (C=O) groups is 1. The summed E-state index contributed by atoms with van der Waals surface area (Å²) in [5.74, 6) is -0.231. The molecule has 1 atom stereocenters. The number of ether oxygens (including phenoxy) is 1. The van der Waals surface area contributed by atoms with Crippen molar-refractivity contribution in [3.63, 3.8) is 0 Å². The van der Waals surface area contributed by atoms with Gasteiger partial charge in [0.2, 0.25) is 0 Å². The van der Waals surface area contributed by atoms with Crippen molar-refractivity contribution in [3.8, 4) is 0 Å². The van der Waals surface area contributed by atoms with E-state index in [-0.39, 0.29) is 5.97 Å². The molecule has 21 heavy (non-hydrogen) atoms. The van der Waals surface area contributed by atoms with E-state index in [1.54, 1.807) is 0 Å². The number of aromatic nitrogens is 1. The summed E-state index contributed by atoms with van der Waals surface area (Å²) in [6.45, 7) is 7.02. The van der Waals surface area contributed by atoms with Gasteiger partial charge in [0.15, 0.2) is 0 Å². The quantitative estimate of drug-likeness (QED) is 0.829. The fraction of sp³-hybridized carbons (Fsp3) is 0.412. The van der Waals surface area contributed by atoms with Crippen molar-refractivity contribution in [3.05, 3.63) is 41.6 Å². The first kappa shape index (κ1) is 15.4. The number of hydrogen-bond donors (Lipinski definition) is 1. The van der Waals surface area contributed by atoms with Crippen LogP contribution in [0.4, 0.5) is 0 Å². The number of esters is 1. The molecule has 1 N–H and O–H groups in total. The molecule has 2 rings (SSSR count). The average molecular weight is 286 g/mol. The fourth-order valence-electron chi connectivity index (χ4n) is 2.28. The standard InChI is InChI=1S/C17H22N2O2/c1-4-10-18-16(17(20)21-5-2)14-8-9-15-13(11-14)7-6-12(3)19-15/h6-9,11,16,18H,4-5,10H2,1-3H3. The van der Waals surface area contributed by atoms with Crippen LogP contribution in [0, 0.1) is 6.92 Å². The van der Waals surface area contributed by atoms with Crippen molar-refractivity contribution >= 4 is 16.9 Å². The Morgan fingerprint density at radius 2 is 2.10 bits per heavy atom. The third-order valence-electron chi connectivity index (χ3n) is 3.31. The van der Waals surface area contributed by atoms with Crippen molar-refractivity contribution in [1.82, 2.24) is 10.3 Å². The van der Waals surface area contributed by atoms with Gasteiger partial charge in [-0.05, 0) is 50.6 Å². The van der Waals surface area contributed by atoms with Crippen molar-refractivity contribution in [2.45, 2.75) is 33.2 Å². The fourth-order valence-corrected chi connectivity index (χ4v) is 2.28. The van der Waals surface area contributed by atoms with Crippen LogP contribution in [0.25, 0.3) is 10.9 Å². The lowest BCUT2D eigenvalue weighted by Gasteiger charge is -2.17. The smallest absolute Gasteiger partial charge is 0.327 e. The van der Waals surface area contributed by atoms with Crippen molar-refractivity contribution in [2.24, 2.45) is 0 Å². The van der Waals surface area contributed by atoms with Crippen LogP contribution in [-0.2, 0) is 9.53 Å². The third kappa shape index (κ3) is 3.79. The summed E-state index contributed by atoms with van der Waals surface area (Å²) in [5, 5.41) is 4.28. The molecule has 0 radical (unpaired) electrons. The highest BCUT2D eigenvalue weighted by molar-refractivity contribution is 5.83. The summed E-state index contributed by atoms with van der Waals surface area (Å²) in [4.78, 5) is 16.6. The predicted molar refractivity (Wildman–Crippen MR) is 84.1 cm³/mol. The number of fused-ring (bicyclic) bond motifs is 1. The van der Waals surface area contributed by atoms with Gasteiger partial charge in [-0.1, -0.05) is 19.1 Å². The Labute approximate surface area is 125 Å². The molecule has 1 aromatic carbocycles. The average Bonchev–Trinajstić information content (AvgIpc) is 2.48. The molecule has 0 bridgehead atoms. The van der Waals surface area contributed by atoms with Crippen molar-refractivity contribution < 1.29 is 9.53 Å². The summed E-state index contributed by atoms with van der Waals surface area (Å²) < 4.78 is 5.17. The molecule has 1 unspecified atom stereocenters. The number of nitrogens with one attached hydrogen (secondary N) is 1. The molecular formula is C17H22N2O2. The van der Waals surface area contributed by atoms with Crippen LogP contribution < -0.4 is 5.32 Å². The van der Waals surface area contributed by atoms with Gasteiger partial charge in [-0.3, -0.25) is 4.98 Å². The summed E-state index contributed by atoms with van der Waals surface area (Å²) in [6, 6.07) is 9.49. The zero-order valence-electron chi connectivity index (χ0n) is 12.8. The summed E-state index contributed by atoms with van der Waals surface area (Å²) >= 11 is 0. The minimum absolute atomic E-state index is 0.231. The minimum Gasteiger partial charge on any atom is -0.465 e.